The van der Waals surface area contributed by atoms with E-state index in [1.165, 1.54) is 0 Å². The highest BCUT2D eigenvalue weighted by Gasteiger charge is 2.33. The number of nitrogens with one attached hydrogen (secondary N) is 1. The summed E-state index contributed by atoms with van der Waals surface area (Å²) >= 11 is 3.05. The first-order valence-electron chi connectivity index (χ1n) is 4.62. The normalized spacial score (nSPS) is 18.6. The third-order valence-corrected chi connectivity index (χ3v) is 2.31. The maximum atomic E-state index is 11.2. The summed E-state index contributed by atoms with van der Waals surface area (Å²) in [5.74, 6) is -0.865. The number of hydrogen-bond donors (Lipinski definition) is 6. The number of hydrogen-bond acceptors (Lipinski definition) is 6. The van der Waals surface area contributed by atoms with Gasteiger partial charge in [-0.1, -0.05) is 15.9 Å². The molecular weight excluding hydrogens is 286 g/mol. The molecule has 0 fully saturated rings. The average Bonchev–Trinajstić information content (AvgIpc) is 2.31. The van der Waals surface area contributed by atoms with E-state index in [1.807, 2.05) is 0 Å². The number of halogens is 1. The van der Waals surface area contributed by atoms with Crippen molar-refractivity contribution in [1.82, 2.24) is 5.32 Å². The van der Waals surface area contributed by atoms with Crippen molar-refractivity contribution < 1.29 is 30.3 Å². The van der Waals surface area contributed by atoms with Crippen LogP contribution in [0.15, 0.2) is 0 Å². The topological polar surface area (TPSA) is 130 Å². The second-order valence-electron chi connectivity index (χ2n) is 3.16. The molecule has 0 aliphatic rings. The molecule has 0 rings (SSSR count). The first-order chi connectivity index (χ1) is 7.45. The summed E-state index contributed by atoms with van der Waals surface area (Å²) in [5, 5.41) is 48.1. The van der Waals surface area contributed by atoms with E-state index in [0.717, 1.165) is 0 Å². The summed E-state index contributed by atoms with van der Waals surface area (Å²) < 4.78 is 0. The van der Waals surface area contributed by atoms with Gasteiger partial charge in [-0.3, -0.25) is 4.79 Å². The zero-order valence-corrected chi connectivity index (χ0v) is 10.0. The summed E-state index contributed by atoms with van der Waals surface area (Å²) in [7, 11) is 0. The van der Waals surface area contributed by atoms with Crippen LogP contribution in [0.1, 0.15) is 0 Å². The van der Waals surface area contributed by atoms with Gasteiger partial charge in [-0.15, -0.1) is 0 Å². The van der Waals surface area contributed by atoms with Gasteiger partial charge in [-0.2, -0.15) is 0 Å². The van der Waals surface area contributed by atoms with Crippen molar-refractivity contribution in [2.45, 2.75) is 24.4 Å². The minimum absolute atomic E-state index is 0.251. The quantitative estimate of drug-likeness (QED) is 0.277. The number of aliphatic hydroxyl groups is 5. The molecule has 0 heterocycles. The van der Waals surface area contributed by atoms with Gasteiger partial charge in [0.2, 0.25) is 0 Å². The smallest absolute Gasteiger partial charge is 0.251 e. The fourth-order valence-electron chi connectivity index (χ4n) is 0.952. The van der Waals surface area contributed by atoms with Gasteiger partial charge in [0.1, 0.15) is 18.3 Å². The van der Waals surface area contributed by atoms with Crippen LogP contribution in [-0.2, 0) is 4.79 Å². The lowest BCUT2D eigenvalue weighted by atomic mass is 10.0. The summed E-state index contributed by atoms with van der Waals surface area (Å²) in [6.07, 6.45) is -7.14. The van der Waals surface area contributed by atoms with Crippen LogP contribution in [-0.4, -0.2) is 74.3 Å². The van der Waals surface area contributed by atoms with E-state index in [-0.39, 0.29) is 6.54 Å². The first-order valence-corrected chi connectivity index (χ1v) is 5.74. The molecule has 0 aromatic carbocycles. The maximum Gasteiger partial charge on any atom is 0.251 e. The molecule has 0 aliphatic carbocycles. The molecule has 6 N–H and O–H groups in total. The highest BCUT2D eigenvalue weighted by atomic mass is 79.9. The van der Waals surface area contributed by atoms with Gasteiger partial charge in [0.25, 0.3) is 5.91 Å². The minimum Gasteiger partial charge on any atom is -0.394 e. The van der Waals surface area contributed by atoms with Crippen LogP contribution in [0.3, 0.4) is 0 Å². The van der Waals surface area contributed by atoms with Crippen LogP contribution >= 0.6 is 15.9 Å². The molecule has 0 radical (unpaired) electrons. The SMILES string of the molecule is O=C(NCCBr)[C@H](O)[C@H](O)[C@@H](O)[C@@H](O)CO. The van der Waals surface area contributed by atoms with Gasteiger partial charge in [0.05, 0.1) is 6.61 Å². The monoisotopic (exact) mass is 301 g/mol. The van der Waals surface area contributed by atoms with E-state index in [0.29, 0.717) is 5.33 Å². The number of amides is 1. The average molecular weight is 302 g/mol. The van der Waals surface area contributed by atoms with Gasteiger partial charge in [0.15, 0.2) is 6.10 Å². The molecule has 0 aliphatic heterocycles. The lowest BCUT2D eigenvalue weighted by Gasteiger charge is -2.24. The lowest BCUT2D eigenvalue weighted by Crippen LogP contribution is -2.51. The number of carbonyl (C=O) groups excluding carboxylic acids is 1. The molecule has 0 saturated carbocycles. The highest BCUT2D eigenvalue weighted by molar-refractivity contribution is 9.09. The molecule has 0 aromatic rings. The van der Waals surface area contributed by atoms with Crippen LogP contribution in [0.2, 0.25) is 0 Å². The molecule has 0 bridgehead atoms. The molecule has 7 nitrogen and oxygen atoms in total. The Morgan fingerprint density at radius 1 is 1.19 bits per heavy atom. The molecule has 96 valence electrons. The Labute approximate surface area is 101 Å². The Bertz CT molecular complexity index is 217. The van der Waals surface area contributed by atoms with Crippen molar-refractivity contribution in [3.8, 4) is 0 Å². The van der Waals surface area contributed by atoms with E-state index in [9.17, 15) is 20.1 Å². The number of alkyl halides is 1. The Morgan fingerprint density at radius 3 is 2.19 bits per heavy atom. The van der Waals surface area contributed by atoms with Crippen LogP contribution in [0.5, 0.6) is 0 Å². The van der Waals surface area contributed by atoms with Gasteiger partial charge in [0, 0.05) is 11.9 Å². The molecule has 8 heteroatoms. The van der Waals surface area contributed by atoms with Crippen molar-refractivity contribution in [1.29, 1.82) is 0 Å². The van der Waals surface area contributed by atoms with Gasteiger partial charge >= 0.3 is 0 Å². The molecular formula is C8H16BrNO6. The third-order valence-electron chi connectivity index (χ3n) is 1.92. The fraction of sp³-hybridized carbons (Fsp3) is 0.875. The predicted octanol–water partition coefficient (Wildman–Crippen LogP) is -3.07. The summed E-state index contributed by atoms with van der Waals surface area (Å²) in [6, 6.07) is 0. The fourth-order valence-corrected chi connectivity index (χ4v) is 1.15. The zero-order valence-electron chi connectivity index (χ0n) is 8.45. The maximum absolute atomic E-state index is 11.2. The van der Waals surface area contributed by atoms with Gasteiger partial charge in [-0.25, -0.2) is 0 Å². The van der Waals surface area contributed by atoms with Crippen molar-refractivity contribution in [3.63, 3.8) is 0 Å². The van der Waals surface area contributed by atoms with Crippen LogP contribution in [0.25, 0.3) is 0 Å². The van der Waals surface area contributed by atoms with Crippen molar-refractivity contribution in [2.75, 3.05) is 18.5 Å². The van der Waals surface area contributed by atoms with Crippen LogP contribution in [0.4, 0.5) is 0 Å². The Kier molecular flexibility index (Phi) is 7.81. The van der Waals surface area contributed by atoms with E-state index in [1.54, 1.807) is 0 Å². The molecule has 0 saturated heterocycles. The van der Waals surface area contributed by atoms with Gasteiger partial charge in [-0.05, 0) is 0 Å². The van der Waals surface area contributed by atoms with Crippen molar-refractivity contribution >= 4 is 21.8 Å². The Hall–Kier alpha value is -0.250. The van der Waals surface area contributed by atoms with E-state index < -0.39 is 36.9 Å². The first kappa shape index (κ1) is 15.8. The van der Waals surface area contributed by atoms with E-state index in [2.05, 4.69) is 21.2 Å². The lowest BCUT2D eigenvalue weighted by molar-refractivity contribution is -0.148. The summed E-state index contributed by atoms with van der Waals surface area (Å²) in [5.41, 5.74) is 0. The second kappa shape index (κ2) is 7.93. The van der Waals surface area contributed by atoms with Gasteiger partial charge < -0.3 is 30.8 Å². The molecule has 0 unspecified atom stereocenters. The minimum atomic E-state index is -1.87. The molecule has 0 spiro atoms. The standard InChI is InChI=1S/C8H16BrNO6/c9-1-2-10-8(16)7(15)6(14)5(13)4(12)3-11/h4-7,11-15H,1-3H2,(H,10,16)/t4-,5-,6+,7+/m0/s1. The number of aliphatic hydroxyl groups excluding tert-OH is 5. The summed E-state index contributed by atoms with van der Waals surface area (Å²) in [4.78, 5) is 11.2. The number of rotatable bonds is 7. The zero-order chi connectivity index (χ0) is 12.7. The molecule has 1 amide bonds. The van der Waals surface area contributed by atoms with E-state index in [4.69, 9.17) is 10.2 Å². The molecule has 4 atom stereocenters. The predicted molar refractivity (Wildman–Crippen MR) is 57.9 cm³/mol. The number of carbonyl (C=O) groups is 1. The van der Waals surface area contributed by atoms with Crippen LogP contribution < -0.4 is 5.32 Å². The Balaban J connectivity index is 4.25. The van der Waals surface area contributed by atoms with Crippen molar-refractivity contribution in [3.05, 3.63) is 0 Å². The largest absolute Gasteiger partial charge is 0.394 e. The molecule has 16 heavy (non-hydrogen) atoms. The molecule has 0 aromatic heterocycles. The van der Waals surface area contributed by atoms with Crippen molar-refractivity contribution in [2.24, 2.45) is 0 Å². The second-order valence-corrected chi connectivity index (χ2v) is 3.95. The third kappa shape index (κ3) is 4.73. The Morgan fingerprint density at radius 2 is 1.75 bits per heavy atom. The summed E-state index contributed by atoms with van der Waals surface area (Å²) in [6.45, 7) is -0.533. The van der Waals surface area contributed by atoms with Crippen LogP contribution in [0, 0.1) is 0 Å². The van der Waals surface area contributed by atoms with E-state index >= 15 is 0 Å². The highest BCUT2D eigenvalue weighted by Crippen LogP contribution is 2.05.